The highest BCUT2D eigenvalue weighted by Crippen LogP contribution is 2.46. The van der Waals surface area contributed by atoms with Crippen LogP contribution in [-0.2, 0) is 33.7 Å². The van der Waals surface area contributed by atoms with Gasteiger partial charge in [0.25, 0.3) is 0 Å². The maximum atomic E-state index is 13.5. The number of nitrogens with zero attached hydrogens (tertiary/aromatic N) is 2. The van der Waals surface area contributed by atoms with E-state index in [4.69, 9.17) is 4.74 Å². The molecule has 1 saturated heterocycles. The summed E-state index contributed by atoms with van der Waals surface area (Å²) in [6, 6.07) is 26.0. The molecule has 2 aliphatic heterocycles. The first-order chi connectivity index (χ1) is 20.7. The molecule has 2 amide bonds. The fraction of sp³-hybridized carbons (Fsp3) is 0.429. The molecule has 3 aromatic rings. The van der Waals surface area contributed by atoms with E-state index in [1.54, 1.807) is 4.90 Å². The van der Waals surface area contributed by atoms with E-state index in [-0.39, 0.29) is 55.1 Å². The standard InChI is InChI=1S/C35H44N2O5Si/c1-25-31(18-16-26-12-9-14-29(22-26)37-30-15-8-7-13-28(30)17-19-33(37)39)42-32(35(25)43(2,3)41)23-34(40)36(20-21-38)24-27-10-5-4-6-11-27/h4-15,22,25,31-32,35,38,41H,16-21,23-24H2,1-3H3/t25-,31+,32-,35+/m0/s1. The second-order valence-corrected chi connectivity index (χ2v) is 16.5. The molecule has 0 bridgehead atoms. The minimum absolute atomic E-state index is 0.0711. The molecule has 0 spiro atoms. The topological polar surface area (TPSA) is 90.3 Å². The average Bonchev–Trinajstić information content (AvgIpc) is 3.31. The van der Waals surface area contributed by atoms with Crippen LogP contribution in [0.1, 0.15) is 42.9 Å². The van der Waals surface area contributed by atoms with Crippen LogP contribution in [0.25, 0.3) is 0 Å². The number of anilines is 2. The Labute approximate surface area is 256 Å². The van der Waals surface area contributed by atoms with Gasteiger partial charge in [0.15, 0.2) is 8.32 Å². The molecule has 0 unspecified atom stereocenters. The van der Waals surface area contributed by atoms with Crippen molar-refractivity contribution >= 4 is 31.5 Å². The van der Waals surface area contributed by atoms with Crippen molar-refractivity contribution in [2.45, 2.75) is 76.4 Å². The van der Waals surface area contributed by atoms with Crippen LogP contribution in [0.4, 0.5) is 11.4 Å². The molecule has 1 fully saturated rings. The monoisotopic (exact) mass is 600 g/mol. The fourth-order valence-electron chi connectivity index (χ4n) is 7.00. The normalized spacial score (nSPS) is 22.0. The van der Waals surface area contributed by atoms with Crippen LogP contribution in [0.15, 0.2) is 78.9 Å². The SMILES string of the molecule is C[C@@H]1[C@@H]([Si](C)(C)O)[C@H](CC(=O)N(CCO)Cc2ccccc2)O[C@@H]1CCc1cccc(N2C(=O)CCc3ccccc32)c1. The summed E-state index contributed by atoms with van der Waals surface area (Å²) in [5.74, 6) is 0.137. The number of carbonyl (C=O) groups excluding carboxylic acids is 2. The summed E-state index contributed by atoms with van der Waals surface area (Å²) < 4.78 is 6.59. The quantitative estimate of drug-likeness (QED) is 0.279. The lowest BCUT2D eigenvalue weighted by Crippen LogP contribution is -2.42. The number of fused-ring (bicyclic) bond motifs is 1. The third-order valence-electron chi connectivity index (χ3n) is 9.01. The van der Waals surface area contributed by atoms with Crippen LogP contribution >= 0.6 is 0 Å². The number of aliphatic hydroxyl groups is 1. The van der Waals surface area contributed by atoms with Gasteiger partial charge in [0, 0.05) is 30.7 Å². The van der Waals surface area contributed by atoms with Crippen molar-refractivity contribution in [3.8, 4) is 0 Å². The number of para-hydroxylation sites is 1. The van der Waals surface area contributed by atoms with Crippen LogP contribution in [0, 0.1) is 5.92 Å². The van der Waals surface area contributed by atoms with Gasteiger partial charge in [-0.2, -0.15) is 0 Å². The Balaban J connectivity index is 1.28. The Kier molecular flexibility index (Phi) is 9.81. The Morgan fingerprint density at radius 3 is 2.44 bits per heavy atom. The number of aliphatic hydroxyl groups excluding tert-OH is 1. The van der Waals surface area contributed by atoms with E-state index in [0.29, 0.717) is 13.0 Å². The van der Waals surface area contributed by atoms with Crippen molar-refractivity contribution in [3.05, 3.63) is 95.6 Å². The zero-order valence-corrected chi connectivity index (χ0v) is 26.5. The van der Waals surface area contributed by atoms with Gasteiger partial charge in [-0.1, -0.05) is 67.6 Å². The molecule has 3 aromatic carbocycles. The minimum Gasteiger partial charge on any atom is -0.432 e. The summed E-state index contributed by atoms with van der Waals surface area (Å²) in [6.07, 6.45) is 2.50. The zero-order valence-electron chi connectivity index (χ0n) is 25.5. The number of benzene rings is 3. The van der Waals surface area contributed by atoms with E-state index in [2.05, 4.69) is 25.1 Å². The smallest absolute Gasteiger partial charge is 0.231 e. The van der Waals surface area contributed by atoms with E-state index in [1.807, 2.05) is 78.7 Å². The van der Waals surface area contributed by atoms with E-state index >= 15 is 0 Å². The van der Waals surface area contributed by atoms with Gasteiger partial charge in [0.1, 0.15) is 0 Å². The number of rotatable bonds is 11. The summed E-state index contributed by atoms with van der Waals surface area (Å²) in [7, 11) is -2.66. The van der Waals surface area contributed by atoms with Crippen molar-refractivity contribution in [1.82, 2.24) is 4.90 Å². The first-order valence-electron chi connectivity index (χ1n) is 15.5. The summed E-state index contributed by atoms with van der Waals surface area (Å²) in [5, 5.41) is 9.65. The Morgan fingerprint density at radius 1 is 0.977 bits per heavy atom. The molecule has 2 aliphatic rings. The molecule has 8 heteroatoms. The van der Waals surface area contributed by atoms with Crippen LogP contribution in [0.5, 0.6) is 0 Å². The third-order valence-corrected chi connectivity index (χ3v) is 11.5. The Hall–Kier alpha value is -3.30. The Morgan fingerprint density at radius 2 is 1.70 bits per heavy atom. The lowest BCUT2D eigenvalue weighted by Gasteiger charge is -2.31. The lowest BCUT2D eigenvalue weighted by molar-refractivity contribution is -0.135. The number of carbonyl (C=O) groups is 2. The average molecular weight is 601 g/mol. The van der Waals surface area contributed by atoms with E-state index < -0.39 is 8.32 Å². The molecule has 0 saturated carbocycles. The van der Waals surface area contributed by atoms with Crippen LogP contribution < -0.4 is 4.90 Å². The molecule has 2 heterocycles. The second kappa shape index (κ2) is 13.6. The minimum atomic E-state index is -2.66. The Bertz CT molecular complexity index is 1410. The predicted molar refractivity (Wildman–Crippen MR) is 172 cm³/mol. The zero-order chi connectivity index (χ0) is 30.6. The molecule has 7 nitrogen and oxygen atoms in total. The number of hydrogen-bond donors (Lipinski definition) is 2. The molecule has 2 N–H and O–H groups in total. The van der Waals surface area contributed by atoms with Crippen LogP contribution in [0.2, 0.25) is 18.6 Å². The summed E-state index contributed by atoms with van der Waals surface area (Å²) in [4.78, 5) is 41.3. The molecule has 4 atom stereocenters. The van der Waals surface area contributed by atoms with Gasteiger partial charge in [-0.05, 0) is 73.2 Å². The predicted octanol–water partition coefficient (Wildman–Crippen LogP) is 5.61. The van der Waals surface area contributed by atoms with Crippen LogP contribution in [0.3, 0.4) is 0 Å². The van der Waals surface area contributed by atoms with E-state index in [0.717, 1.165) is 41.8 Å². The van der Waals surface area contributed by atoms with Crippen molar-refractivity contribution < 1.29 is 24.2 Å². The maximum absolute atomic E-state index is 13.5. The number of hydrogen-bond acceptors (Lipinski definition) is 5. The molecule has 43 heavy (non-hydrogen) atoms. The highest BCUT2D eigenvalue weighted by atomic mass is 28.4. The molecule has 228 valence electrons. The first kappa shape index (κ1) is 31.1. The van der Waals surface area contributed by atoms with Gasteiger partial charge in [-0.15, -0.1) is 0 Å². The molecule has 0 radical (unpaired) electrons. The molecular formula is C35H44N2O5Si. The highest BCUT2D eigenvalue weighted by molar-refractivity contribution is 6.71. The third kappa shape index (κ3) is 7.26. The maximum Gasteiger partial charge on any atom is 0.231 e. The highest BCUT2D eigenvalue weighted by Gasteiger charge is 2.50. The van der Waals surface area contributed by atoms with E-state index in [1.165, 1.54) is 5.56 Å². The van der Waals surface area contributed by atoms with E-state index in [9.17, 15) is 19.5 Å². The van der Waals surface area contributed by atoms with Crippen LogP contribution in [-0.4, -0.2) is 60.3 Å². The lowest BCUT2D eigenvalue weighted by atomic mass is 9.94. The fourth-order valence-corrected chi connectivity index (χ4v) is 9.60. The van der Waals surface area contributed by atoms with Crippen molar-refractivity contribution in [1.29, 1.82) is 0 Å². The number of amides is 2. The van der Waals surface area contributed by atoms with Crippen molar-refractivity contribution in [2.75, 3.05) is 18.1 Å². The van der Waals surface area contributed by atoms with Gasteiger partial charge < -0.3 is 19.5 Å². The molecule has 0 aliphatic carbocycles. The largest absolute Gasteiger partial charge is 0.432 e. The summed E-state index contributed by atoms with van der Waals surface area (Å²) in [5.41, 5.74) is 5.07. The summed E-state index contributed by atoms with van der Waals surface area (Å²) >= 11 is 0. The van der Waals surface area contributed by atoms with Gasteiger partial charge >= 0.3 is 0 Å². The molecular weight excluding hydrogens is 556 g/mol. The second-order valence-electron chi connectivity index (χ2n) is 12.5. The molecule has 0 aromatic heterocycles. The molecule has 5 rings (SSSR count). The van der Waals surface area contributed by atoms with Gasteiger partial charge in [-0.25, -0.2) is 0 Å². The van der Waals surface area contributed by atoms with Gasteiger partial charge in [0.2, 0.25) is 11.8 Å². The number of ether oxygens (including phenoxy) is 1. The van der Waals surface area contributed by atoms with Crippen molar-refractivity contribution in [3.63, 3.8) is 0 Å². The van der Waals surface area contributed by atoms with Gasteiger partial charge in [-0.3, -0.25) is 14.5 Å². The first-order valence-corrected chi connectivity index (χ1v) is 18.5. The summed E-state index contributed by atoms with van der Waals surface area (Å²) in [6.45, 7) is 6.58. The van der Waals surface area contributed by atoms with Gasteiger partial charge in [0.05, 0.1) is 30.9 Å². The van der Waals surface area contributed by atoms with Crippen molar-refractivity contribution in [2.24, 2.45) is 5.92 Å². The number of aryl methyl sites for hydroxylation is 2.